The minimum absolute atomic E-state index is 0.00417. The number of aryl methyl sites for hydroxylation is 1. The summed E-state index contributed by atoms with van der Waals surface area (Å²) in [6.07, 6.45) is 0.673. The molecule has 136 valence electrons. The van der Waals surface area contributed by atoms with Crippen LogP contribution in [-0.4, -0.2) is 15.7 Å². The van der Waals surface area contributed by atoms with Crippen molar-refractivity contribution in [3.63, 3.8) is 0 Å². The van der Waals surface area contributed by atoms with Crippen molar-refractivity contribution in [2.45, 2.75) is 26.5 Å². The summed E-state index contributed by atoms with van der Waals surface area (Å²) in [5.41, 5.74) is 0.0726. The molecule has 0 aliphatic rings. The molecule has 0 unspecified atom stereocenters. The molecule has 0 saturated heterocycles. The standard InChI is InChI=1S/C20H16FN3O3/c1-2-9-24-19(25)16-6-4-3-5-15(16)18(23-24)20(26)27-12-14-10-13(11-22)7-8-17(14)21/h3-8,10H,2,9,12H2,1H3. The molecule has 0 aliphatic heterocycles. The minimum atomic E-state index is -0.766. The van der Waals surface area contributed by atoms with E-state index in [1.165, 1.54) is 16.8 Å². The van der Waals surface area contributed by atoms with Gasteiger partial charge in [0.05, 0.1) is 17.0 Å². The first-order valence-corrected chi connectivity index (χ1v) is 8.40. The zero-order valence-corrected chi connectivity index (χ0v) is 14.6. The number of carbonyl (C=O) groups is 1. The Morgan fingerprint density at radius 3 is 2.70 bits per heavy atom. The maximum absolute atomic E-state index is 13.9. The van der Waals surface area contributed by atoms with Crippen LogP contribution in [0.5, 0.6) is 0 Å². The summed E-state index contributed by atoms with van der Waals surface area (Å²) in [6, 6.07) is 12.4. The van der Waals surface area contributed by atoms with Crippen LogP contribution in [0.25, 0.3) is 10.8 Å². The summed E-state index contributed by atoms with van der Waals surface area (Å²) in [5.74, 6) is -1.34. The second kappa shape index (κ2) is 7.79. The average Bonchev–Trinajstić information content (AvgIpc) is 2.69. The summed E-state index contributed by atoms with van der Waals surface area (Å²) in [7, 11) is 0. The van der Waals surface area contributed by atoms with E-state index < -0.39 is 11.8 Å². The third-order valence-corrected chi connectivity index (χ3v) is 4.03. The Morgan fingerprint density at radius 2 is 2.00 bits per heavy atom. The fourth-order valence-corrected chi connectivity index (χ4v) is 2.72. The highest BCUT2D eigenvalue weighted by Crippen LogP contribution is 2.16. The number of rotatable bonds is 5. The zero-order chi connectivity index (χ0) is 19.4. The monoisotopic (exact) mass is 365 g/mol. The van der Waals surface area contributed by atoms with Crippen LogP contribution in [0.1, 0.15) is 35.0 Å². The van der Waals surface area contributed by atoms with E-state index in [9.17, 15) is 14.0 Å². The third-order valence-electron chi connectivity index (χ3n) is 4.03. The van der Waals surface area contributed by atoms with Crippen molar-refractivity contribution in [3.8, 4) is 6.07 Å². The number of carbonyl (C=O) groups excluding carboxylic acids is 1. The molecule has 0 saturated carbocycles. The molecule has 0 radical (unpaired) electrons. The lowest BCUT2D eigenvalue weighted by atomic mass is 10.1. The third kappa shape index (κ3) is 3.70. The number of benzene rings is 2. The van der Waals surface area contributed by atoms with Gasteiger partial charge in [0, 0.05) is 17.5 Å². The lowest BCUT2D eigenvalue weighted by molar-refractivity contribution is 0.0461. The Hall–Kier alpha value is -3.53. The van der Waals surface area contributed by atoms with Gasteiger partial charge >= 0.3 is 5.97 Å². The fraction of sp³-hybridized carbons (Fsp3) is 0.200. The maximum atomic E-state index is 13.9. The van der Waals surface area contributed by atoms with Crippen LogP contribution in [0, 0.1) is 17.1 Å². The molecule has 2 aromatic carbocycles. The molecule has 1 heterocycles. The summed E-state index contributed by atoms with van der Waals surface area (Å²) in [5, 5.41) is 13.8. The maximum Gasteiger partial charge on any atom is 0.359 e. The first-order chi connectivity index (χ1) is 13.0. The predicted molar refractivity (Wildman–Crippen MR) is 96.5 cm³/mol. The molecule has 0 atom stereocenters. The van der Waals surface area contributed by atoms with Gasteiger partial charge in [-0.1, -0.05) is 25.1 Å². The van der Waals surface area contributed by atoms with Crippen molar-refractivity contribution in [1.29, 1.82) is 5.26 Å². The van der Waals surface area contributed by atoms with Crippen molar-refractivity contribution in [1.82, 2.24) is 9.78 Å². The van der Waals surface area contributed by atoms with Crippen LogP contribution < -0.4 is 5.56 Å². The van der Waals surface area contributed by atoms with Gasteiger partial charge in [-0.15, -0.1) is 0 Å². The second-order valence-corrected chi connectivity index (χ2v) is 5.92. The molecule has 3 aromatic rings. The van der Waals surface area contributed by atoms with Gasteiger partial charge in [-0.25, -0.2) is 13.9 Å². The lowest BCUT2D eigenvalue weighted by Crippen LogP contribution is -2.26. The van der Waals surface area contributed by atoms with Crippen molar-refractivity contribution >= 4 is 16.7 Å². The SMILES string of the molecule is CCCn1nc(C(=O)OCc2cc(C#N)ccc2F)c2ccccc2c1=O. The average molecular weight is 365 g/mol. The highest BCUT2D eigenvalue weighted by Gasteiger charge is 2.18. The number of nitriles is 1. The van der Waals surface area contributed by atoms with Crippen LogP contribution in [-0.2, 0) is 17.9 Å². The highest BCUT2D eigenvalue weighted by molar-refractivity contribution is 6.02. The first kappa shape index (κ1) is 18.3. The van der Waals surface area contributed by atoms with E-state index in [2.05, 4.69) is 5.10 Å². The Morgan fingerprint density at radius 1 is 1.26 bits per heavy atom. The van der Waals surface area contributed by atoms with Gasteiger partial charge in [-0.05, 0) is 30.7 Å². The van der Waals surface area contributed by atoms with E-state index in [0.717, 1.165) is 6.07 Å². The topological polar surface area (TPSA) is 85.0 Å². The molecule has 0 bridgehead atoms. The quantitative estimate of drug-likeness (QED) is 0.648. The molecule has 27 heavy (non-hydrogen) atoms. The van der Waals surface area contributed by atoms with Gasteiger partial charge in [-0.2, -0.15) is 10.4 Å². The summed E-state index contributed by atoms with van der Waals surface area (Å²) < 4.78 is 20.3. The van der Waals surface area contributed by atoms with Crippen LogP contribution in [0.3, 0.4) is 0 Å². The van der Waals surface area contributed by atoms with Crippen molar-refractivity contribution in [3.05, 3.63) is 75.5 Å². The Bertz CT molecular complexity index is 1120. The number of aromatic nitrogens is 2. The number of halogens is 1. The Balaban J connectivity index is 1.95. The van der Waals surface area contributed by atoms with Crippen LogP contribution in [0.2, 0.25) is 0 Å². The van der Waals surface area contributed by atoms with Gasteiger partial charge < -0.3 is 4.74 Å². The van der Waals surface area contributed by atoms with Crippen LogP contribution in [0.4, 0.5) is 4.39 Å². The second-order valence-electron chi connectivity index (χ2n) is 5.92. The minimum Gasteiger partial charge on any atom is -0.456 e. The number of fused-ring (bicyclic) bond motifs is 1. The summed E-state index contributed by atoms with van der Waals surface area (Å²) >= 11 is 0. The number of hydrogen-bond acceptors (Lipinski definition) is 5. The van der Waals surface area contributed by atoms with Gasteiger partial charge in [0.15, 0.2) is 5.69 Å². The fourth-order valence-electron chi connectivity index (χ4n) is 2.72. The first-order valence-electron chi connectivity index (χ1n) is 8.40. The van der Waals surface area contributed by atoms with Crippen LogP contribution >= 0.6 is 0 Å². The molecule has 0 fully saturated rings. The lowest BCUT2D eigenvalue weighted by Gasteiger charge is -2.10. The number of esters is 1. The Labute approximate surface area is 154 Å². The molecule has 0 aliphatic carbocycles. The molecule has 3 rings (SSSR count). The largest absolute Gasteiger partial charge is 0.456 e. The predicted octanol–water partition coefficient (Wildman–Crippen LogP) is 3.17. The Kier molecular flexibility index (Phi) is 5.27. The normalized spacial score (nSPS) is 10.6. The van der Waals surface area contributed by atoms with Crippen molar-refractivity contribution in [2.75, 3.05) is 0 Å². The van der Waals surface area contributed by atoms with Crippen LogP contribution in [0.15, 0.2) is 47.3 Å². The molecule has 0 N–H and O–H groups in total. The van der Waals surface area contributed by atoms with Gasteiger partial charge in [0.25, 0.3) is 5.56 Å². The van der Waals surface area contributed by atoms with Gasteiger partial charge in [0.2, 0.25) is 0 Å². The van der Waals surface area contributed by atoms with Gasteiger partial charge in [-0.3, -0.25) is 4.79 Å². The summed E-state index contributed by atoms with van der Waals surface area (Å²) in [4.78, 5) is 25.0. The highest BCUT2D eigenvalue weighted by atomic mass is 19.1. The smallest absolute Gasteiger partial charge is 0.359 e. The summed E-state index contributed by atoms with van der Waals surface area (Å²) in [6.45, 7) is 1.91. The van der Waals surface area contributed by atoms with E-state index in [1.54, 1.807) is 24.3 Å². The molecule has 0 amide bonds. The number of hydrogen-bond donors (Lipinski definition) is 0. The van der Waals surface area contributed by atoms with E-state index in [0.29, 0.717) is 23.7 Å². The number of nitrogens with zero attached hydrogens (tertiary/aromatic N) is 3. The molecule has 1 aromatic heterocycles. The van der Waals surface area contributed by atoms with E-state index in [4.69, 9.17) is 10.00 Å². The molecule has 7 heteroatoms. The molecular weight excluding hydrogens is 349 g/mol. The molecular formula is C20H16FN3O3. The van der Waals surface area contributed by atoms with Gasteiger partial charge in [0.1, 0.15) is 12.4 Å². The number of ether oxygens (including phenoxy) is 1. The van der Waals surface area contributed by atoms with E-state index in [1.807, 2.05) is 13.0 Å². The van der Waals surface area contributed by atoms with Crippen molar-refractivity contribution < 1.29 is 13.9 Å². The van der Waals surface area contributed by atoms with E-state index >= 15 is 0 Å². The van der Waals surface area contributed by atoms with E-state index in [-0.39, 0.29) is 29.0 Å². The van der Waals surface area contributed by atoms with Crippen molar-refractivity contribution in [2.24, 2.45) is 0 Å². The molecule has 0 spiro atoms. The zero-order valence-electron chi connectivity index (χ0n) is 14.6. The molecule has 6 nitrogen and oxygen atoms in total.